The Bertz CT molecular complexity index is 438. The third kappa shape index (κ3) is 5.25. The molecule has 0 heterocycles. The van der Waals surface area contributed by atoms with Gasteiger partial charge < -0.3 is 5.11 Å². The molecule has 1 aromatic rings. The minimum Gasteiger partial charge on any atom is -0.481 e. The summed E-state index contributed by atoms with van der Waals surface area (Å²) in [5.74, 6) is -0.715. The number of benzene rings is 1. The second kappa shape index (κ2) is 6.50. The maximum atomic E-state index is 11.9. The molecule has 3 heteroatoms. The zero-order valence-electron chi connectivity index (χ0n) is 11.9. The predicted molar refractivity (Wildman–Crippen MR) is 75.6 cm³/mol. The molecule has 0 amide bonds. The Hall–Kier alpha value is -1.64. The predicted octanol–water partition coefficient (Wildman–Crippen LogP) is 3.81. The summed E-state index contributed by atoms with van der Waals surface area (Å²) in [7, 11) is 0. The molecule has 0 saturated carbocycles. The first-order chi connectivity index (χ1) is 8.80. The van der Waals surface area contributed by atoms with Crippen LogP contribution in [0.2, 0.25) is 0 Å². The molecule has 1 rings (SSSR count). The van der Waals surface area contributed by atoms with Crippen molar-refractivity contribution in [1.82, 2.24) is 0 Å². The van der Waals surface area contributed by atoms with Crippen molar-refractivity contribution >= 4 is 11.8 Å². The molecule has 0 fully saturated rings. The highest BCUT2D eigenvalue weighted by Gasteiger charge is 2.14. The van der Waals surface area contributed by atoms with Crippen LogP contribution in [0.1, 0.15) is 62.4 Å². The first-order valence-corrected chi connectivity index (χ1v) is 6.66. The number of hydrogen-bond donors (Lipinski definition) is 1. The Balaban J connectivity index is 2.52. The minimum absolute atomic E-state index is 0.0864. The molecule has 0 aromatic heterocycles. The van der Waals surface area contributed by atoms with Crippen LogP contribution in [0.3, 0.4) is 0 Å². The average Bonchev–Trinajstić information content (AvgIpc) is 2.33. The quantitative estimate of drug-likeness (QED) is 0.626. The van der Waals surface area contributed by atoms with Crippen molar-refractivity contribution in [2.75, 3.05) is 0 Å². The maximum Gasteiger partial charge on any atom is 0.303 e. The molecule has 0 spiro atoms. The Morgan fingerprint density at radius 1 is 1.00 bits per heavy atom. The van der Waals surface area contributed by atoms with Crippen LogP contribution in [0.25, 0.3) is 0 Å². The Labute approximate surface area is 114 Å². The topological polar surface area (TPSA) is 54.4 Å². The van der Waals surface area contributed by atoms with E-state index in [1.54, 1.807) is 0 Å². The zero-order chi connectivity index (χ0) is 14.5. The average molecular weight is 262 g/mol. The molecule has 0 bridgehead atoms. The van der Waals surface area contributed by atoms with E-state index >= 15 is 0 Å². The van der Waals surface area contributed by atoms with Gasteiger partial charge in [0.15, 0.2) is 5.78 Å². The number of aliphatic carboxylic acids is 1. The number of carboxylic acids is 1. The van der Waals surface area contributed by atoms with Crippen LogP contribution in [0.5, 0.6) is 0 Å². The Kier molecular flexibility index (Phi) is 5.28. The number of rotatable bonds is 6. The second-order valence-electron chi connectivity index (χ2n) is 5.85. The summed E-state index contributed by atoms with van der Waals surface area (Å²) in [4.78, 5) is 22.3. The zero-order valence-corrected chi connectivity index (χ0v) is 11.9. The first kappa shape index (κ1) is 15.4. The smallest absolute Gasteiger partial charge is 0.303 e. The van der Waals surface area contributed by atoms with Crippen LogP contribution >= 0.6 is 0 Å². The summed E-state index contributed by atoms with van der Waals surface area (Å²) in [6.07, 6.45) is 1.74. The Morgan fingerprint density at radius 3 is 2.00 bits per heavy atom. The van der Waals surface area contributed by atoms with Crippen molar-refractivity contribution in [2.24, 2.45) is 0 Å². The number of carbonyl (C=O) groups is 2. The normalized spacial score (nSPS) is 11.3. The van der Waals surface area contributed by atoms with E-state index in [0.29, 0.717) is 24.8 Å². The molecule has 0 aliphatic carbocycles. The van der Waals surface area contributed by atoms with E-state index in [1.807, 2.05) is 24.3 Å². The summed E-state index contributed by atoms with van der Waals surface area (Å²) in [5.41, 5.74) is 2.00. The maximum absolute atomic E-state index is 11.9. The van der Waals surface area contributed by atoms with E-state index in [2.05, 4.69) is 20.8 Å². The fourth-order valence-electron chi connectivity index (χ4n) is 1.86. The second-order valence-corrected chi connectivity index (χ2v) is 5.85. The summed E-state index contributed by atoms with van der Waals surface area (Å²) >= 11 is 0. The van der Waals surface area contributed by atoms with Crippen LogP contribution in [0.4, 0.5) is 0 Å². The van der Waals surface area contributed by atoms with E-state index < -0.39 is 5.97 Å². The fourth-order valence-corrected chi connectivity index (χ4v) is 1.86. The van der Waals surface area contributed by atoms with Crippen molar-refractivity contribution in [3.63, 3.8) is 0 Å². The monoisotopic (exact) mass is 262 g/mol. The molecule has 104 valence electrons. The lowest BCUT2D eigenvalue weighted by Crippen LogP contribution is -2.11. The molecule has 3 nitrogen and oxygen atoms in total. The Morgan fingerprint density at radius 2 is 1.53 bits per heavy atom. The van der Waals surface area contributed by atoms with Gasteiger partial charge in [0, 0.05) is 18.4 Å². The van der Waals surface area contributed by atoms with Gasteiger partial charge in [0.2, 0.25) is 0 Å². The molecule has 19 heavy (non-hydrogen) atoms. The van der Waals surface area contributed by atoms with Gasteiger partial charge >= 0.3 is 5.97 Å². The van der Waals surface area contributed by atoms with Gasteiger partial charge in [-0.05, 0) is 23.8 Å². The number of carboxylic acid groups (broad SMARTS) is 1. The third-order valence-electron chi connectivity index (χ3n) is 3.12. The minimum atomic E-state index is -0.804. The molecule has 0 aliphatic rings. The summed E-state index contributed by atoms with van der Waals surface area (Å²) in [6.45, 7) is 6.40. The third-order valence-corrected chi connectivity index (χ3v) is 3.12. The van der Waals surface area contributed by atoms with Gasteiger partial charge in [0.05, 0.1) is 0 Å². The van der Waals surface area contributed by atoms with Gasteiger partial charge in [0.1, 0.15) is 0 Å². The highest BCUT2D eigenvalue weighted by atomic mass is 16.4. The molecule has 1 N–H and O–H groups in total. The molecular weight excluding hydrogens is 240 g/mol. The van der Waals surface area contributed by atoms with Crippen LogP contribution in [-0.4, -0.2) is 16.9 Å². The van der Waals surface area contributed by atoms with E-state index in [9.17, 15) is 9.59 Å². The van der Waals surface area contributed by atoms with Crippen molar-refractivity contribution in [1.29, 1.82) is 0 Å². The fraction of sp³-hybridized carbons (Fsp3) is 0.500. The lowest BCUT2D eigenvalue weighted by atomic mass is 9.86. The highest BCUT2D eigenvalue weighted by molar-refractivity contribution is 5.96. The first-order valence-electron chi connectivity index (χ1n) is 6.66. The standard InChI is InChI=1S/C16H22O3/c1-16(2,3)13-10-8-12(9-11-13)14(17)6-4-5-7-15(18)19/h8-11H,4-7H2,1-3H3,(H,18,19). The number of carbonyl (C=O) groups excluding carboxylic acids is 1. The number of ketones is 1. The van der Waals surface area contributed by atoms with Crippen molar-refractivity contribution < 1.29 is 14.7 Å². The van der Waals surface area contributed by atoms with Crippen LogP contribution in [0.15, 0.2) is 24.3 Å². The van der Waals surface area contributed by atoms with Crippen molar-refractivity contribution in [2.45, 2.75) is 51.9 Å². The van der Waals surface area contributed by atoms with Crippen molar-refractivity contribution in [3.05, 3.63) is 35.4 Å². The van der Waals surface area contributed by atoms with Crippen LogP contribution in [0, 0.1) is 0 Å². The number of unbranched alkanes of at least 4 members (excludes halogenated alkanes) is 1. The lowest BCUT2D eigenvalue weighted by Gasteiger charge is -2.18. The highest BCUT2D eigenvalue weighted by Crippen LogP contribution is 2.22. The molecule has 0 aliphatic heterocycles. The van der Waals surface area contributed by atoms with E-state index in [-0.39, 0.29) is 17.6 Å². The van der Waals surface area contributed by atoms with Crippen LogP contribution in [-0.2, 0) is 10.2 Å². The van der Waals surface area contributed by atoms with E-state index in [1.165, 1.54) is 5.56 Å². The number of Topliss-reactive ketones (excluding diaryl/α,β-unsaturated/α-hetero) is 1. The van der Waals surface area contributed by atoms with E-state index in [4.69, 9.17) is 5.11 Å². The van der Waals surface area contributed by atoms with Gasteiger partial charge in [-0.1, -0.05) is 45.0 Å². The molecule has 0 saturated heterocycles. The van der Waals surface area contributed by atoms with Gasteiger partial charge in [-0.3, -0.25) is 9.59 Å². The van der Waals surface area contributed by atoms with Gasteiger partial charge in [-0.15, -0.1) is 0 Å². The SMILES string of the molecule is CC(C)(C)c1ccc(C(=O)CCCCC(=O)O)cc1. The summed E-state index contributed by atoms with van der Waals surface area (Å²) in [6, 6.07) is 7.70. The molecule has 0 atom stereocenters. The van der Waals surface area contributed by atoms with Crippen molar-refractivity contribution in [3.8, 4) is 0 Å². The largest absolute Gasteiger partial charge is 0.481 e. The summed E-state index contributed by atoms with van der Waals surface area (Å²) in [5, 5.41) is 8.52. The molecular formula is C16H22O3. The molecule has 0 radical (unpaired) electrons. The van der Waals surface area contributed by atoms with Gasteiger partial charge in [-0.2, -0.15) is 0 Å². The molecule has 0 unspecified atom stereocenters. The lowest BCUT2D eigenvalue weighted by molar-refractivity contribution is -0.137. The number of hydrogen-bond acceptors (Lipinski definition) is 2. The molecule has 1 aromatic carbocycles. The van der Waals surface area contributed by atoms with Gasteiger partial charge in [0.25, 0.3) is 0 Å². The van der Waals surface area contributed by atoms with Gasteiger partial charge in [-0.25, -0.2) is 0 Å². The summed E-state index contributed by atoms with van der Waals surface area (Å²) < 4.78 is 0. The van der Waals surface area contributed by atoms with Crippen LogP contribution < -0.4 is 0 Å². The van der Waals surface area contributed by atoms with E-state index in [0.717, 1.165) is 0 Å².